The SMILES string of the molecule is CC(C)S(=O)(=O)c1ccc(CC(=O)N(CCCN2CCOCC2)c2nc3ccc(F)cc3s2)cc1. The predicted molar refractivity (Wildman–Crippen MR) is 136 cm³/mol. The number of benzene rings is 2. The Balaban J connectivity index is 1.51. The zero-order valence-electron chi connectivity index (χ0n) is 19.9. The highest BCUT2D eigenvalue weighted by molar-refractivity contribution is 7.92. The Bertz CT molecular complexity index is 1270. The molecule has 0 N–H and O–H groups in total. The molecule has 0 atom stereocenters. The molecule has 4 rings (SSSR count). The largest absolute Gasteiger partial charge is 0.379 e. The van der Waals surface area contributed by atoms with Gasteiger partial charge in [-0.2, -0.15) is 0 Å². The molecule has 35 heavy (non-hydrogen) atoms. The number of nitrogens with zero attached hydrogens (tertiary/aromatic N) is 3. The average Bonchev–Trinajstić information content (AvgIpc) is 3.25. The van der Waals surface area contributed by atoms with Crippen molar-refractivity contribution < 1.29 is 22.3 Å². The number of carbonyl (C=O) groups excluding carboxylic acids is 1. The van der Waals surface area contributed by atoms with E-state index in [2.05, 4.69) is 9.88 Å². The second-order valence-electron chi connectivity index (χ2n) is 8.88. The third-order valence-corrected chi connectivity index (χ3v) is 9.27. The highest BCUT2D eigenvalue weighted by Gasteiger charge is 2.22. The monoisotopic (exact) mass is 519 g/mol. The van der Waals surface area contributed by atoms with Crippen LogP contribution in [0, 0.1) is 5.82 Å². The molecule has 1 aromatic heterocycles. The van der Waals surface area contributed by atoms with Crippen molar-refractivity contribution in [1.82, 2.24) is 9.88 Å². The van der Waals surface area contributed by atoms with E-state index in [1.54, 1.807) is 49.1 Å². The lowest BCUT2D eigenvalue weighted by Crippen LogP contribution is -2.39. The number of morpholine rings is 1. The number of thiazole rings is 1. The fraction of sp³-hybridized carbons (Fsp3) is 0.440. The van der Waals surface area contributed by atoms with Gasteiger partial charge in [0.2, 0.25) is 5.91 Å². The Labute approximate surface area is 209 Å². The van der Waals surface area contributed by atoms with Crippen LogP contribution >= 0.6 is 11.3 Å². The van der Waals surface area contributed by atoms with Crippen LogP contribution in [0.15, 0.2) is 47.4 Å². The minimum atomic E-state index is -3.37. The minimum Gasteiger partial charge on any atom is -0.379 e. The highest BCUT2D eigenvalue weighted by Crippen LogP contribution is 2.30. The Morgan fingerprint density at radius 3 is 2.57 bits per heavy atom. The maximum atomic E-state index is 13.7. The zero-order chi connectivity index (χ0) is 25.0. The zero-order valence-corrected chi connectivity index (χ0v) is 21.6. The summed E-state index contributed by atoms with van der Waals surface area (Å²) in [5, 5.41) is 0.0254. The molecule has 1 amide bonds. The first kappa shape index (κ1) is 25.7. The van der Waals surface area contributed by atoms with Crippen molar-refractivity contribution >= 4 is 42.4 Å². The van der Waals surface area contributed by atoms with Gasteiger partial charge in [-0.3, -0.25) is 14.6 Å². The highest BCUT2D eigenvalue weighted by atomic mass is 32.2. The summed E-state index contributed by atoms with van der Waals surface area (Å²) in [6.07, 6.45) is 0.880. The van der Waals surface area contributed by atoms with Crippen LogP contribution in [0.1, 0.15) is 25.8 Å². The number of ether oxygens (including phenoxy) is 1. The molecule has 0 spiro atoms. The summed E-state index contributed by atoms with van der Waals surface area (Å²) in [5.41, 5.74) is 1.38. The summed E-state index contributed by atoms with van der Waals surface area (Å²) in [4.78, 5) is 22.2. The van der Waals surface area contributed by atoms with Gasteiger partial charge in [0, 0.05) is 26.2 Å². The molecule has 2 aromatic carbocycles. The summed E-state index contributed by atoms with van der Waals surface area (Å²) in [7, 11) is -3.37. The van der Waals surface area contributed by atoms with Gasteiger partial charge >= 0.3 is 0 Å². The first-order chi connectivity index (χ1) is 16.7. The number of halogens is 1. The van der Waals surface area contributed by atoms with Crippen molar-refractivity contribution in [2.45, 2.75) is 36.8 Å². The summed E-state index contributed by atoms with van der Waals surface area (Å²) in [6, 6.07) is 10.9. The maximum absolute atomic E-state index is 13.7. The lowest BCUT2D eigenvalue weighted by Gasteiger charge is -2.27. The fourth-order valence-electron chi connectivity index (χ4n) is 3.95. The number of sulfone groups is 1. The first-order valence-corrected chi connectivity index (χ1v) is 14.1. The third-order valence-electron chi connectivity index (χ3n) is 6.06. The smallest absolute Gasteiger partial charge is 0.233 e. The maximum Gasteiger partial charge on any atom is 0.233 e. The van der Waals surface area contributed by atoms with Crippen LogP contribution in [0.3, 0.4) is 0 Å². The van der Waals surface area contributed by atoms with E-state index in [0.717, 1.165) is 31.6 Å². The van der Waals surface area contributed by atoms with Crippen molar-refractivity contribution in [3.8, 4) is 0 Å². The number of anilines is 1. The molecule has 7 nitrogen and oxygen atoms in total. The van der Waals surface area contributed by atoms with Gasteiger partial charge in [0.1, 0.15) is 5.82 Å². The van der Waals surface area contributed by atoms with Crippen molar-refractivity contribution in [2.75, 3.05) is 44.3 Å². The standard InChI is InChI=1S/C25H30FN3O4S2/c1-18(2)35(31,32)21-7-4-19(5-8-21)16-24(30)29(11-3-10-28-12-14-33-15-13-28)25-27-22-9-6-20(26)17-23(22)34-25/h4-9,17-18H,3,10-16H2,1-2H3. The van der Waals surface area contributed by atoms with Gasteiger partial charge < -0.3 is 4.74 Å². The van der Waals surface area contributed by atoms with Gasteiger partial charge in [0.25, 0.3) is 0 Å². The Kier molecular flexibility index (Phi) is 8.16. The van der Waals surface area contributed by atoms with Crippen LogP contribution in [-0.4, -0.2) is 68.9 Å². The van der Waals surface area contributed by atoms with Gasteiger partial charge in [-0.25, -0.2) is 17.8 Å². The molecule has 188 valence electrons. The Hall–Kier alpha value is -2.40. The molecule has 0 unspecified atom stereocenters. The molecule has 0 radical (unpaired) electrons. The average molecular weight is 520 g/mol. The van der Waals surface area contributed by atoms with Gasteiger partial charge in [-0.05, 0) is 56.2 Å². The molecular weight excluding hydrogens is 489 g/mol. The molecule has 1 saturated heterocycles. The van der Waals surface area contributed by atoms with Crippen molar-refractivity contribution in [1.29, 1.82) is 0 Å². The number of hydrogen-bond donors (Lipinski definition) is 0. The van der Waals surface area contributed by atoms with E-state index in [1.165, 1.54) is 23.5 Å². The van der Waals surface area contributed by atoms with Crippen molar-refractivity contribution in [3.05, 3.63) is 53.8 Å². The quantitative estimate of drug-likeness (QED) is 0.427. The molecular formula is C25H30FN3O4S2. The molecule has 1 aliphatic heterocycles. The summed E-state index contributed by atoms with van der Waals surface area (Å²) < 4.78 is 44.6. The van der Waals surface area contributed by atoms with Crippen LogP contribution in [0.2, 0.25) is 0 Å². The number of fused-ring (bicyclic) bond motifs is 1. The minimum absolute atomic E-state index is 0.115. The van der Waals surface area contributed by atoms with Gasteiger partial charge in [-0.1, -0.05) is 23.5 Å². The topological polar surface area (TPSA) is 79.8 Å². The second-order valence-corrected chi connectivity index (χ2v) is 12.4. The fourth-order valence-corrected chi connectivity index (χ4v) is 6.04. The van der Waals surface area contributed by atoms with Crippen LogP contribution in [0.5, 0.6) is 0 Å². The molecule has 0 bridgehead atoms. The Morgan fingerprint density at radius 2 is 1.89 bits per heavy atom. The molecule has 0 aliphatic carbocycles. The number of hydrogen-bond acceptors (Lipinski definition) is 7. The molecule has 1 fully saturated rings. The van der Waals surface area contributed by atoms with Crippen LogP contribution < -0.4 is 4.90 Å². The van der Waals surface area contributed by atoms with E-state index < -0.39 is 15.1 Å². The molecule has 10 heteroatoms. The van der Waals surface area contributed by atoms with Crippen molar-refractivity contribution in [3.63, 3.8) is 0 Å². The second kappa shape index (κ2) is 11.1. The van der Waals surface area contributed by atoms with Crippen LogP contribution in [0.25, 0.3) is 10.2 Å². The summed E-state index contributed by atoms with van der Waals surface area (Å²) >= 11 is 1.29. The first-order valence-electron chi connectivity index (χ1n) is 11.7. The van der Waals surface area contributed by atoms with E-state index >= 15 is 0 Å². The third kappa shape index (κ3) is 6.24. The molecule has 0 saturated carbocycles. The van der Waals surface area contributed by atoms with Gasteiger partial charge in [-0.15, -0.1) is 0 Å². The van der Waals surface area contributed by atoms with E-state index in [-0.39, 0.29) is 23.0 Å². The summed E-state index contributed by atoms with van der Waals surface area (Å²) in [6.45, 7) is 7.80. The van der Waals surface area contributed by atoms with Crippen LogP contribution in [-0.2, 0) is 25.8 Å². The van der Waals surface area contributed by atoms with E-state index in [4.69, 9.17) is 4.74 Å². The van der Waals surface area contributed by atoms with Gasteiger partial charge in [0.15, 0.2) is 15.0 Å². The normalized spacial score (nSPS) is 15.1. The summed E-state index contributed by atoms with van der Waals surface area (Å²) in [5.74, 6) is -0.472. The molecule has 2 heterocycles. The Morgan fingerprint density at radius 1 is 1.17 bits per heavy atom. The van der Waals surface area contributed by atoms with Crippen LogP contribution in [0.4, 0.5) is 9.52 Å². The number of aromatic nitrogens is 1. The number of carbonyl (C=O) groups is 1. The molecule has 3 aromatic rings. The lowest BCUT2D eigenvalue weighted by atomic mass is 10.1. The van der Waals surface area contributed by atoms with Crippen molar-refractivity contribution in [2.24, 2.45) is 0 Å². The van der Waals surface area contributed by atoms with E-state index in [1.807, 2.05) is 0 Å². The predicted octanol–water partition coefficient (Wildman–Crippen LogP) is 3.92. The number of amides is 1. The van der Waals surface area contributed by atoms with E-state index in [0.29, 0.717) is 35.1 Å². The van der Waals surface area contributed by atoms with E-state index in [9.17, 15) is 17.6 Å². The number of rotatable bonds is 9. The lowest BCUT2D eigenvalue weighted by molar-refractivity contribution is -0.118. The van der Waals surface area contributed by atoms with Gasteiger partial charge in [0.05, 0.1) is 40.0 Å². The molecule has 1 aliphatic rings.